The Morgan fingerprint density at radius 2 is 1.88 bits per heavy atom. The van der Waals surface area contributed by atoms with Gasteiger partial charge in [-0.2, -0.15) is 0 Å². The Bertz CT molecular complexity index is 884. The summed E-state index contributed by atoms with van der Waals surface area (Å²) >= 11 is 0. The molecule has 1 atom stereocenters. The van der Waals surface area contributed by atoms with Gasteiger partial charge in [0.05, 0.1) is 0 Å². The molecule has 2 heterocycles. The molecular weight excluding hydrogens is 312 g/mol. The van der Waals surface area contributed by atoms with E-state index in [0.29, 0.717) is 6.54 Å². The van der Waals surface area contributed by atoms with E-state index >= 15 is 0 Å². The summed E-state index contributed by atoms with van der Waals surface area (Å²) in [6.07, 6.45) is -0.131. The normalized spacial score (nSPS) is 16.1. The van der Waals surface area contributed by atoms with Gasteiger partial charge in [-0.1, -0.05) is 55.8 Å². The van der Waals surface area contributed by atoms with E-state index in [1.807, 2.05) is 44.2 Å². The molecule has 25 heavy (non-hydrogen) atoms. The van der Waals surface area contributed by atoms with Gasteiger partial charge in [0.1, 0.15) is 6.04 Å². The van der Waals surface area contributed by atoms with Crippen LogP contribution >= 0.6 is 0 Å². The predicted molar refractivity (Wildman–Crippen MR) is 101 cm³/mol. The summed E-state index contributed by atoms with van der Waals surface area (Å²) < 4.78 is 0. The van der Waals surface area contributed by atoms with Crippen molar-refractivity contribution in [3.8, 4) is 0 Å². The minimum absolute atomic E-state index is 0.273. The van der Waals surface area contributed by atoms with Crippen molar-refractivity contribution in [2.45, 2.75) is 33.2 Å². The van der Waals surface area contributed by atoms with Crippen molar-refractivity contribution in [1.82, 2.24) is 9.88 Å². The molecule has 4 rings (SSSR count). The first-order valence-corrected chi connectivity index (χ1v) is 8.81. The maximum absolute atomic E-state index is 11.7. The molecule has 2 aromatic carbocycles. The first kappa shape index (κ1) is 17.1. The lowest BCUT2D eigenvalue weighted by Gasteiger charge is -2.34. The molecule has 2 N–H and O–H groups in total. The van der Waals surface area contributed by atoms with Gasteiger partial charge in [-0.3, -0.25) is 4.90 Å². The van der Waals surface area contributed by atoms with Crippen molar-refractivity contribution < 1.29 is 9.90 Å². The Morgan fingerprint density at radius 1 is 1.16 bits per heavy atom. The van der Waals surface area contributed by atoms with Crippen molar-refractivity contribution in [1.29, 1.82) is 0 Å². The van der Waals surface area contributed by atoms with Crippen molar-refractivity contribution in [2.75, 3.05) is 6.54 Å². The summed E-state index contributed by atoms with van der Waals surface area (Å²) in [6.45, 7) is 6.60. The molecule has 3 aromatic rings. The average molecular weight is 336 g/mol. The molecule has 0 radical (unpaired) electrons. The molecule has 0 aliphatic carbocycles. The van der Waals surface area contributed by atoms with Crippen LogP contribution in [0.25, 0.3) is 10.9 Å². The highest BCUT2D eigenvalue weighted by Gasteiger charge is 2.34. The van der Waals surface area contributed by atoms with Crippen LogP contribution in [0.15, 0.2) is 48.5 Å². The molecule has 0 saturated carbocycles. The number of carboxylic acid groups (broad SMARTS) is 1. The number of nitrogens with zero attached hydrogens (tertiary/aromatic N) is 1. The molecule has 1 amide bonds. The van der Waals surface area contributed by atoms with Gasteiger partial charge in [0.2, 0.25) is 0 Å². The average Bonchev–Trinajstić information content (AvgIpc) is 3.01. The number of nitrogens with one attached hydrogen (secondary N) is 1. The highest BCUT2D eigenvalue weighted by molar-refractivity contribution is 5.86. The Hall–Kier alpha value is -2.75. The molecule has 1 aliphatic heterocycles. The topological polar surface area (TPSA) is 56.3 Å². The Kier molecular flexibility index (Phi) is 4.79. The molecule has 0 bridgehead atoms. The molecule has 4 nitrogen and oxygen atoms in total. The number of rotatable bonds is 1. The third-order valence-corrected chi connectivity index (χ3v) is 4.64. The summed E-state index contributed by atoms with van der Waals surface area (Å²) in [7, 11) is 0. The van der Waals surface area contributed by atoms with Crippen LogP contribution in [-0.4, -0.2) is 27.6 Å². The van der Waals surface area contributed by atoms with Gasteiger partial charge >= 0.3 is 6.09 Å². The van der Waals surface area contributed by atoms with E-state index in [1.54, 1.807) is 0 Å². The Morgan fingerprint density at radius 3 is 2.56 bits per heavy atom. The second kappa shape index (κ2) is 7.01. The maximum Gasteiger partial charge on any atom is 0.408 e. The summed E-state index contributed by atoms with van der Waals surface area (Å²) in [5, 5.41) is 10.8. The van der Waals surface area contributed by atoms with Gasteiger partial charge in [-0.25, -0.2) is 4.79 Å². The third-order valence-electron chi connectivity index (χ3n) is 4.64. The van der Waals surface area contributed by atoms with E-state index in [2.05, 4.69) is 30.1 Å². The van der Waals surface area contributed by atoms with Crippen molar-refractivity contribution in [3.05, 3.63) is 70.9 Å². The standard InChI is InChI=1S/C19H18N2O2.C2H6/c1-12-7-8-16-15(11-12)14-9-10-21(19(22)23)18(17(14)20-16)13-5-3-2-4-6-13;1-2/h2-8,11,18,20H,9-10H2,1H3,(H,22,23);1-2H3. The molecule has 0 spiro atoms. The fraction of sp³-hybridized carbons (Fsp3) is 0.286. The second-order valence-corrected chi connectivity index (χ2v) is 6.11. The molecule has 4 heteroatoms. The summed E-state index contributed by atoms with van der Waals surface area (Å²) in [5.74, 6) is 0. The van der Waals surface area contributed by atoms with Crippen LogP contribution < -0.4 is 0 Å². The Balaban J connectivity index is 0.000000880. The molecule has 130 valence electrons. The number of H-pyrrole nitrogens is 1. The van der Waals surface area contributed by atoms with Crippen LogP contribution in [-0.2, 0) is 6.42 Å². The minimum Gasteiger partial charge on any atom is -0.465 e. The van der Waals surface area contributed by atoms with Crippen LogP contribution in [0.2, 0.25) is 0 Å². The smallest absolute Gasteiger partial charge is 0.408 e. The Labute approximate surface area is 148 Å². The zero-order valence-corrected chi connectivity index (χ0v) is 14.9. The lowest BCUT2D eigenvalue weighted by atomic mass is 9.92. The van der Waals surface area contributed by atoms with Gasteiger partial charge in [0.15, 0.2) is 0 Å². The molecule has 0 saturated heterocycles. The first-order valence-electron chi connectivity index (χ1n) is 8.81. The fourth-order valence-electron chi connectivity index (χ4n) is 3.59. The number of benzene rings is 2. The van der Waals surface area contributed by atoms with E-state index in [-0.39, 0.29) is 6.04 Å². The van der Waals surface area contributed by atoms with Crippen molar-refractivity contribution in [2.24, 2.45) is 0 Å². The van der Waals surface area contributed by atoms with Crippen LogP contribution in [0.1, 0.15) is 42.3 Å². The highest BCUT2D eigenvalue weighted by atomic mass is 16.4. The van der Waals surface area contributed by atoms with Gasteiger partial charge < -0.3 is 10.1 Å². The zero-order valence-electron chi connectivity index (χ0n) is 14.9. The number of fused-ring (bicyclic) bond motifs is 3. The number of aryl methyl sites for hydroxylation is 1. The highest BCUT2D eigenvalue weighted by Crippen LogP contribution is 2.38. The van der Waals surface area contributed by atoms with Crippen LogP contribution in [0.4, 0.5) is 4.79 Å². The molecule has 1 aliphatic rings. The maximum atomic E-state index is 11.7. The molecular formula is C21H24N2O2. The minimum atomic E-state index is -0.876. The molecule has 1 aromatic heterocycles. The first-order chi connectivity index (χ1) is 12.1. The van der Waals surface area contributed by atoms with Gasteiger partial charge in [0.25, 0.3) is 0 Å². The number of hydrogen-bond donors (Lipinski definition) is 2. The second-order valence-electron chi connectivity index (χ2n) is 6.11. The lowest BCUT2D eigenvalue weighted by molar-refractivity contribution is 0.128. The fourth-order valence-corrected chi connectivity index (χ4v) is 3.59. The van der Waals surface area contributed by atoms with E-state index in [1.165, 1.54) is 21.4 Å². The summed E-state index contributed by atoms with van der Waals surface area (Å²) in [4.78, 5) is 16.7. The van der Waals surface area contributed by atoms with E-state index in [9.17, 15) is 9.90 Å². The monoisotopic (exact) mass is 336 g/mol. The van der Waals surface area contributed by atoms with Crippen molar-refractivity contribution in [3.63, 3.8) is 0 Å². The van der Waals surface area contributed by atoms with Crippen LogP contribution in [0.3, 0.4) is 0 Å². The van der Waals surface area contributed by atoms with Gasteiger partial charge in [0, 0.05) is 23.1 Å². The van der Waals surface area contributed by atoms with Gasteiger partial charge in [-0.05, 0) is 36.6 Å². The summed E-state index contributed by atoms with van der Waals surface area (Å²) in [5.41, 5.74) is 5.55. The largest absolute Gasteiger partial charge is 0.465 e. The summed E-state index contributed by atoms with van der Waals surface area (Å²) in [6, 6.07) is 15.9. The number of hydrogen-bond acceptors (Lipinski definition) is 1. The zero-order chi connectivity index (χ0) is 18.0. The molecule has 1 unspecified atom stereocenters. The predicted octanol–water partition coefficient (Wildman–Crippen LogP) is 5.13. The lowest BCUT2D eigenvalue weighted by Crippen LogP contribution is -2.39. The molecule has 0 fully saturated rings. The van der Waals surface area contributed by atoms with Gasteiger partial charge in [-0.15, -0.1) is 0 Å². The van der Waals surface area contributed by atoms with Crippen molar-refractivity contribution >= 4 is 17.0 Å². The number of aromatic amines is 1. The third kappa shape index (κ3) is 3.00. The number of amides is 1. The van der Waals surface area contributed by atoms with Crippen LogP contribution in [0.5, 0.6) is 0 Å². The quantitative estimate of drug-likeness (QED) is 0.647. The van der Waals surface area contributed by atoms with E-state index in [4.69, 9.17) is 0 Å². The SMILES string of the molecule is CC.Cc1ccc2[nH]c3c(c2c1)CCN(C(=O)O)C3c1ccccc1. The van der Waals surface area contributed by atoms with E-state index < -0.39 is 6.09 Å². The van der Waals surface area contributed by atoms with E-state index in [0.717, 1.165) is 23.2 Å². The van der Waals surface area contributed by atoms with Crippen LogP contribution in [0, 0.1) is 6.92 Å². The number of carbonyl (C=O) groups is 1. The number of aromatic nitrogens is 1.